The summed E-state index contributed by atoms with van der Waals surface area (Å²) in [6.07, 6.45) is 0. The number of nitrogens with zero attached hydrogens (tertiary/aromatic N) is 2. The molecule has 0 saturated carbocycles. The zero-order valence-corrected chi connectivity index (χ0v) is 11.6. The summed E-state index contributed by atoms with van der Waals surface area (Å²) in [7, 11) is 4.81. The highest BCUT2D eigenvalue weighted by Crippen LogP contribution is 2.42. The van der Waals surface area contributed by atoms with E-state index in [2.05, 4.69) is 15.3 Å². The van der Waals surface area contributed by atoms with E-state index in [1.54, 1.807) is 20.2 Å². The minimum Gasteiger partial charge on any atom is -0.493 e. The van der Waals surface area contributed by atoms with Crippen molar-refractivity contribution >= 4 is 39.9 Å². The van der Waals surface area contributed by atoms with Gasteiger partial charge in [-0.2, -0.15) is 0 Å². The van der Waals surface area contributed by atoms with E-state index in [9.17, 15) is 0 Å². The number of fused-ring (bicyclic) bond motifs is 1. The number of nitrogens with one attached hydrogen (secondary N) is 1. The summed E-state index contributed by atoms with van der Waals surface area (Å²) in [4.78, 5) is 8.21. The number of aromatic nitrogens is 2. The van der Waals surface area contributed by atoms with Crippen LogP contribution in [0.15, 0.2) is 6.07 Å². The number of methoxy groups -OCH3 is 2. The van der Waals surface area contributed by atoms with E-state index < -0.39 is 0 Å². The molecule has 96 valence electrons. The summed E-state index contributed by atoms with van der Waals surface area (Å²) in [5, 5.41) is 4.10. The Morgan fingerprint density at radius 2 is 1.89 bits per heavy atom. The van der Waals surface area contributed by atoms with E-state index in [0.29, 0.717) is 33.2 Å². The fourth-order valence-electron chi connectivity index (χ4n) is 1.73. The van der Waals surface area contributed by atoms with E-state index in [1.165, 1.54) is 7.11 Å². The van der Waals surface area contributed by atoms with E-state index in [4.69, 9.17) is 32.7 Å². The lowest BCUT2D eigenvalue weighted by Gasteiger charge is -2.14. The number of anilines is 1. The maximum Gasteiger partial charge on any atom is 0.224 e. The van der Waals surface area contributed by atoms with Crippen molar-refractivity contribution in [1.29, 1.82) is 0 Å². The van der Waals surface area contributed by atoms with Crippen molar-refractivity contribution in [2.45, 2.75) is 0 Å². The molecule has 0 atom stereocenters. The maximum atomic E-state index is 6.16. The molecule has 0 unspecified atom stereocenters. The second-order valence-corrected chi connectivity index (χ2v) is 4.15. The molecule has 0 spiro atoms. The van der Waals surface area contributed by atoms with Crippen LogP contribution in [0.3, 0.4) is 0 Å². The first-order valence-corrected chi connectivity index (χ1v) is 5.83. The lowest BCUT2D eigenvalue weighted by molar-refractivity contribution is 0.358. The fraction of sp³-hybridized carbons (Fsp3) is 0.273. The molecule has 2 rings (SSSR count). The van der Waals surface area contributed by atoms with Crippen LogP contribution in [0.25, 0.3) is 10.9 Å². The fourth-order valence-corrected chi connectivity index (χ4v) is 2.13. The van der Waals surface area contributed by atoms with Crippen LogP contribution in [0.4, 0.5) is 5.82 Å². The van der Waals surface area contributed by atoms with Gasteiger partial charge in [0.25, 0.3) is 0 Å². The second kappa shape index (κ2) is 5.04. The maximum absolute atomic E-state index is 6.16. The normalized spacial score (nSPS) is 10.5. The molecular formula is C11H11Cl2N3O2. The molecular weight excluding hydrogens is 277 g/mol. The van der Waals surface area contributed by atoms with Crippen molar-refractivity contribution in [1.82, 2.24) is 9.97 Å². The minimum absolute atomic E-state index is 0.112. The molecule has 5 nitrogen and oxygen atoms in total. The van der Waals surface area contributed by atoms with Gasteiger partial charge in [0.15, 0.2) is 11.5 Å². The Balaban J connectivity index is 2.95. The molecule has 0 aliphatic carbocycles. The number of benzene rings is 1. The largest absolute Gasteiger partial charge is 0.493 e. The molecule has 1 N–H and O–H groups in total. The molecule has 7 heteroatoms. The van der Waals surface area contributed by atoms with E-state index in [-0.39, 0.29) is 5.28 Å². The Kier molecular flexibility index (Phi) is 3.63. The Labute approximate surface area is 114 Å². The van der Waals surface area contributed by atoms with Crippen LogP contribution >= 0.6 is 23.2 Å². The predicted octanol–water partition coefficient (Wildman–Crippen LogP) is 3.00. The Hall–Kier alpha value is -1.46. The highest BCUT2D eigenvalue weighted by atomic mass is 35.5. The van der Waals surface area contributed by atoms with Crippen LogP contribution in [-0.4, -0.2) is 31.2 Å². The van der Waals surface area contributed by atoms with Gasteiger partial charge >= 0.3 is 0 Å². The number of hydrogen-bond donors (Lipinski definition) is 1. The van der Waals surface area contributed by atoms with Gasteiger partial charge in [-0.15, -0.1) is 0 Å². The molecule has 18 heavy (non-hydrogen) atoms. The van der Waals surface area contributed by atoms with Gasteiger partial charge in [-0.3, -0.25) is 0 Å². The highest BCUT2D eigenvalue weighted by Gasteiger charge is 2.18. The monoisotopic (exact) mass is 287 g/mol. The van der Waals surface area contributed by atoms with Crippen LogP contribution in [0.2, 0.25) is 10.3 Å². The van der Waals surface area contributed by atoms with Crippen LogP contribution in [-0.2, 0) is 0 Å². The molecule has 1 aromatic carbocycles. The van der Waals surface area contributed by atoms with Gasteiger partial charge < -0.3 is 14.8 Å². The van der Waals surface area contributed by atoms with E-state index >= 15 is 0 Å². The summed E-state index contributed by atoms with van der Waals surface area (Å²) in [6, 6.07) is 1.63. The van der Waals surface area contributed by atoms with Crippen LogP contribution in [0.5, 0.6) is 11.5 Å². The minimum atomic E-state index is 0.112. The molecule has 0 aliphatic rings. The topological polar surface area (TPSA) is 56.3 Å². The summed E-state index contributed by atoms with van der Waals surface area (Å²) in [5.41, 5.74) is 0.513. The first-order chi connectivity index (χ1) is 8.62. The van der Waals surface area contributed by atoms with Gasteiger partial charge in [0.1, 0.15) is 11.3 Å². The average molecular weight is 288 g/mol. The van der Waals surface area contributed by atoms with Crippen molar-refractivity contribution in [2.75, 3.05) is 26.6 Å². The van der Waals surface area contributed by atoms with E-state index in [1.807, 2.05) is 0 Å². The number of ether oxygens (including phenoxy) is 2. The zero-order valence-electron chi connectivity index (χ0n) is 10.0. The molecule has 0 amide bonds. The molecule has 1 heterocycles. The van der Waals surface area contributed by atoms with Crippen molar-refractivity contribution in [3.05, 3.63) is 16.4 Å². The zero-order chi connectivity index (χ0) is 13.3. The third-order valence-corrected chi connectivity index (χ3v) is 2.93. The first-order valence-electron chi connectivity index (χ1n) is 5.07. The smallest absolute Gasteiger partial charge is 0.224 e. The third-order valence-electron chi connectivity index (χ3n) is 2.48. The average Bonchev–Trinajstić information content (AvgIpc) is 2.38. The predicted molar refractivity (Wildman–Crippen MR) is 72.2 cm³/mol. The van der Waals surface area contributed by atoms with Gasteiger partial charge in [0, 0.05) is 13.1 Å². The Morgan fingerprint density at radius 1 is 1.17 bits per heavy atom. The number of hydrogen-bond acceptors (Lipinski definition) is 5. The van der Waals surface area contributed by atoms with Gasteiger partial charge in [-0.05, 0) is 11.6 Å². The summed E-state index contributed by atoms with van der Waals surface area (Å²) in [6.45, 7) is 0. The molecule has 0 fully saturated rings. The van der Waals surface area contributed by atoms with Crippen molar-refractivity contribution in [3.8, 4) is 11.5 Å². The highest BCUT2D eigenvalue weighted by molar-refractivity contribution is 6.36. The molecule has 0 aliphatic heterocycles. The summed E-state index contributed by atoms with van der Waals surface area (Å²) < 4.78 is 10.6. The first kappa shape index (κ1) is 13.0. The van der Waals surface area contributed by atoms with Gasteiger partial charge in [-0.1, -0.05) is 11.6 Å². The Morgan fingerprint density at radius 3 is 2.44 bits per heavy atom. The van der Waals surface area contributed by atoms with Gasteiger partial charge in [-0.25, -0.2) is 9.97 Å². The number of halogens is 2. The Bertz CT molecular complexity index is 605. The second-order valence-electron chi connectivity index (χ2n) is 3.41. The molecule has 2 aromatic rings. The molecule has 0 bridgehead atoms. The SMILES string of the molecule is CNc1nc(Cl)nc2c(Cl)cc(OC)c(OC)c12. The third kappa shape index (κ3) is 2.00. The quantitative estimate of drug-likeness (QED) is 0.880. The lowest BCUT2D eigenvalue weighted by atomic mass is 10.2. The summed E-state index contributed by atoms with van der Waals surface area (Å²) >= 11 is 12.0. The summed E-state index contributed by atoms with van der Waals surface area (Å²) in [5.74, 6) is 1.55. The van der Waals surface area contributed by atoms with Gasteiger partial charge in [0.05, 0.1) is 24.6 Å². The van der Waals surface area contributed by atoms with Crippen molar-refractivity contribution < 1.29 is 9.47 Å². The molecule has 0 saturated heterocycles. The van der Waals surface area contributed by atoms with Crippen molar-refractivity contribution in [2.24, 2.45) is 0 Å². The molecule has 0 radical (unpaired) electrons. The van der Waals surface area contributed by atoms with Crippen molar-refractivity contribution in [3.63, 3.8) is 0 Å². The lowest BCUT2D eigenvalue weighted by Crippen LogP contribution is -2.00. The standard InChI is InChI=1S/C11H11Cl2N3O2/c1-14-10-7-8(15-11(13)16-10)5(12)4-6(17-2)9(7)18-3/h4H,1-3H3,(H,14,15,16). The number of rotatable bonds is 3. The van der Waals surface area contributed by atoms with Crippen LogP contribution in [0.1, 0.15) is 0 Å². The van der Waals surface area contributed by atoms with Crippen LogP contribution in [0, 0.1) is 0 Å². The van der Waals surface area contributed by atoms with Gasteiger partial charge in [0.2, 0.25) is 5.28 Å². The van der Waals surface area contributed by atoms with E-state index in [0.717, 1.165) is 0 Å². The van der Waals surface area contributed by atoms with Crippen LogP contribution < -0.4 is 14.8 Å². The molecule has 1 aromatic heterocycles.